The first-order chi connectivity index (χ1) is 19.3. The lowest BCUT2D eigenvalue weighted by molar-refractivity contribution is -0.138. The number of hydrogen-bond acceptors (Lipinski definition) is 7. The number of benzene rings is 2. The van der Waals surface area contributed by atoms with Crippen molar-refractivity contribution in [3.8, 4) is 11.3 Å². The standard InChI is InChI=1S/C30H38N8O2/c1-30(2,3)28(38(17-24-14-15-31-26(24)20-39)27(40)19-37-21-32-34-35-37)29-33-25(23-12-8-5-9-13-23)18-36(29)16-22-10-6-4-7-11-22/h4-13,18,21,24,26,28,31,39H,14-17,19-20H2,1-3H3/t24-,26+,28-/m0/s1. The maximum Gasteiger partial charge on any atom is 0.245 e. The summed E-state index contributed by atoms with van der Waals surface area (Å²) in [6.45, 7) is 8.42. The van der Waals surface area contributed by atoms with Crippen molar-refractivity contribution in [3.63, 3.8) is 0 Å². The van der Waals surface area contributed by atoms with Gasteiger partial charge < -0.3 is 19.9 Å². The van der Waals surface area contributed by atoms with E-state index in [4.69, 9.17) is 4.98 Å². The minimum Gasteiger partial charge on any atom is -0.395 e. The monoisotopic (exact) mass is 542 g/mol. The number of nitrogens with zero attached hydrogens (tertiary/aromatic N) is 7. The van der Waals surface area contributed by atoms with E-state index in [2.05, 4.69) is 76.6 Å². The fourth-order valence-corrected chi connectivity index (χ4v) is 5.64. The third-order valence-electron chi connectivity index (χ3n) is 7.58. The molecule has 0 aliphatic carbocycles. The van der Waals surface area contributed by atoms with Gasteiger partial charge in [0, 0.05) is 30.9 Å². The summed E-state index contributed by atoms with van der Waals surface area (Å²) in [7, 11) is 0. The molecule has 0 saturated carbocycles. The first-order valence-electron chi connectivity index (χ1n) is 13.8. The number of amides is 1. The smallest absolute Gasteiger partial charge is 0.245 e. The molecule has 0 radical (unpaired) electrons. The molecule has 1 fully saturated rings. The van der Waals surface area contributed by atoms with Crippen molar-refractivity contribution < 1.29 is 9.90 Å². The minimum absolute atomic E-state index is 0.0223. The average Bonchev–Trinajstić information content (AvgIpc) is 3.71. The van der Waals surface area contributed by atoms with Gasteiger partial charge in [0.25, 0.3) is 0 Å². The summed E-state index contributed by atoms with van der Waals surface area (Å²) in [5.41, 5.74) is 2.69. The van der Waals surface area contributed by atoms with Gasteiger partial charge in [0.05, 0.1) is 18.3 Å². The van der Waals surface area contributed by atoms with Crippen molar-refractivity contribution in [2.45, 2.75) is 52.4 Å². The molecule has 10 heteroatoms. The fraction of sp³-hybridized carbons (Fsp3) is 0.433. The molecule has 40 heavy (non-hydrogen) atoms. The second kappa shape index (κ2) is 12.1. The van der Waals surface area contributed by atoms with E-state index in [1.807, 2.05) is 41.3 Å². The third-order valence-corrected chi connectivity index (χ3v) is 7.58. The highest BCUT2D eigenvalue weighted by Gasteiger charge is 2.41. The Balaban J connectivity index is 1.61. The molecular weight excluding hydrogens is 504 g/mol. The Morgan fingerprint density at radius 3 is 2.50 bits per heavy atom. The summed E-state index contributed by atoms with van der Waals surface area (Å²) < 4.78 is 3.64. The Labute approximate surface area is 235 Å². The van der Waals surface area contributed by atoms with E-state index >= 15 is 0 Å². The zero-order chi connectivity index (χ0) is 28.1. The zero-order valence-corrected chi connectivity index (χ0v) is 23.4. The van der Waals surface area contributed by atoms with Crippen LogP contribution in [-0.2, 0) is 17.9 Å². The molecule has 0 bridgehead atoms. The molecule has 1 saturated heterocycles. The van der Waals surface area contributed by atoms with Gasteiger partial charge in [0.15, 0.2) is 0 Å². The highest BCUT2D eigenvalue weighted by molar-refractivity contribution is 5.76. The molecule has 210 valence electrons. The molecule has 0 unspecified atom stereocenters. The van der Waals surface area contributed by atoms with Crippen LogP contribution in [0.25, 0.3) is 11.3 Å². The number of aromatic nitrogens is 6. The average molecular weight is 543 g/mol. The number of carbonyl (C=O) groups excluding carboxylic acids is 1. The lowest BCUT2D eigenvalue weighted by Crippen LogP contribution is -2.48. The highest BCUT2D eigenvalue weighted by Crippen LogP contribution is 2.40. The molecule has 1 amide bonds. The summed E-state index contributed by atoms with van der Waals surface area (Å²) in [5.74, 6) is 0.844. The van der Waals surface area contributed by atoms with Crippen LogP contribution in [0.4, 0.5) is 0 Å². The van der Waals surface area contributed by atoms with E-state index in [0.29, 0.717) is 13.1 Å². The molecule has 3 heterocycles. The second-order valence-electron chi connectivity index (χ2n) is 11.6. The number of nitrogens with one attached hydrogen (secondary N) is 1. The molecule has 2 aromatic heterocycles. The first-order valence-corrected chi connectivity index (χ1v) is 13.8. The summed E-state index contributed by atoms with van der Waals surface area (Å²) in [4.78, 5) is 21.3. The largest absolute Gasteiger partial charge is 0.395 e. The molecular formula is C30H38N8O2. The summed E-state index contributed by atoms with van der Waals surface area (Å²) in [6, 6.07) is 20.0. The Morgan fingerprint density at radius 1 is 1.12 bits per heavy atom. The van der Waals surface area contributed by atoms with E-state index < -0.39 is 0 Å². The van der Waals surface area contributed by atoms with Crippen molar-refractivity contribution in [2.24, 2.45) is 11.3 Å². The van der Waals surface area contributed by atoms with Gasteiger partial charge in [-0.2, -0.15) is 0 Å². The van der Waals surface area contributed by atoms with Crippen molar-refractivity contribution in [2.75, 3.05) is 19.7 Å². The highest BCUT2D eigenvalue weighted by atomic mass is 16.3. The van der Waals surface area contributed by atoms with Crippen LogP contribution in [0.2, 0.25) is 0 Å². The van der Waals surface area contributed by atoms with Crippen LogP contribution in [0.3, 0.4) is 0 Å². The predicted octanol–water partition coefficient (Wildman–Crippen LogP) is 3.17. The molecule has 1 aliphatic rings. The van der Waals surface area contributed by atoms with Gasteiger partial charge in [0.2, 0.25) is 5.91 Å². The Morgan fingerprint density at radius 2 is 1.85 bits per heavy atom. The van der Waals surface area contributed by atoms with Gasteiger partial charge in [-0.3, -0.25) is 4.79 Å². The number of imidazole rings is 1. The number of rotatable bonds is 10. The maximum absolute atomic E-state index is 14.1. The van der Waals surface area contributed by atoms with Crippen LogP contribution in [0.5, 0.6) is 0 Å². The van der Waals surface area contributed by atoms with Gasteiger partial charge in [-0.05, 0) is 40.3 Å². The number of aliphatic hydroxyl groups is 1. The molecule has 1 aliphatic heterocycles. The summed E-state index contributed by atoms with van der Waals surface area (Å²) in [6.07, 6.45) is 4.43. The Bertz CT molecular complexity index is 1370. The molecule has 0 spiro atoms. The zero-order valence-electron chi connectivity index (χ0n) is 23.4. The molecule has 2 aromatic carbocycles. The van der Waals surface area contributed by atoms with E-state index in [0.717, 1.165) is 35.6 Å². The molecule has 2 N–H and O–H groups in total. The van der Waals surface area contributed by atoms with Crippen LogP contribution in [0.15, 0.2) is 73.2 Å². The topological polar surface area (TPSA) is 114 Å². The van der Waals surface area contributed by atoms with E-state index in [1.165, 1.54) is 11.0 Å². The number of tetrazole rings is 1. The normalized spacial score (nSPS) is 18.1. The third kappa shape index (κ3) is 6.29. The Hall–Kier alpha value is -3.89. The van der Waals surface area contributed by atoms with Crippen molar-refractivity contribution in [1.82, 2.24) is 40.0 Å². The van der Waals surface area contributed by atoms with Crippen LogP contribution in [0.1, 0.15) is 44.6 Å². The maximum atomic E-state index is 14.1. The number of aliphatic hydroxyl groups excluding tert-OH is 1. The quantitative estimate of drug-likeness (QED) is 0.316. The van der Waals surface area contributed by atoms with Crippen molar-refractivity contribution >= 4 is 5.91 Å². The SMILES string of the molecule is CC(C)(C)[C@H](c1nc(-c2ccccc2)cn1Cc1ccccc1)N(C[C@@H]1CCN[C@@H]1CO)C(=O)Cn1cnnn1. The van der Waals surface area contributed by atoms with Gasteiger partial charge in [-0.15, -0.1) is 5.10 Å². The van der Waals surface area contributed by atoms with Gasteiger partial charge >= 0.3 is 0 Å². The molecule has 4 aromatic rings. The van der Waals surface area contributed by atoms with Gasteiger partial charge in [-0.25, -0.2) is 9.67 Å². The number of carbonyl (C=O) groups is 1. The molecule has 5 rings (SSSR count). The van der Waals surface area contributed by atoms with Crippen LogP contribution in [0, 0.1) is 11.3 Å². The van der Waals surface area contributed by atoms with Gasteiger partial charge in [-0.1, -0.05) is 81.4 Å². The Kier molecular flexibility index (Phi) is 8.37. The van der Waals surface area contributed by atoms with Crippen LogP contribution in [-0.4, -0.2) is 71.4 Å². The minimum atomic E-state index is -0.356. The van der Waals surface area contributed by atoms with Crippen LogP contribution < -0.4 is 5.32 Å². The van der Waals surface area contributed by atoms with E-state index in [9.17, 15) is 9.90 Å². The molecule has 3 atom stereocenters. The predicted molar refractivity (Wildman–Crippen MR) is 152 cm³/mol. The van der Waals surface area contributed by atoms with Gasteiger partial charge in [0.1, 0.15) is 18.7 Å². The summed E-state index contributed by atoms with van der Waals surface area (Å²) in [5, 5.41) is 24.8. The second-order valence-corrected chi connectivity index (χ2v) is 11.6. The lowest BCUT2D eigenvalue weighted by Gasteiger charge is -2.41. The summed E-state index contributed by atoms with van der Waals surface area (Å²) >= 11 is 0. The lowest BCUT2D eigenvalue weighted by atomic mass is 9.83. The first kappa shape index (κ1) is 27.7. The van der Waals surface area contributed by atoms with Crippen molar-refractivity contribution in [3.05, 3.63) is 84.6 Å². The van der Waals surface area contributed by atoms with E-state index in [-0.39, 0.29) is 42.5 Å². The van der Waals surface area contributed by atoms with E-state index in [1.54, 1.807) is 0 Å². The fourth-order valence-electron chi connectivity index (χ4n) is 5.64. The molecule has 10 nitrogen and oxygen atoms in total. The van der Waals surface area contributed by atoms with Crippen molar-refractivity contribution in [1.29, 1.82) is 0 Å². The van der Waals surface area contributed by atoms with Crippen LogP contribution >= 0.6 is 0 Å². The number of hydrogen-bond donors (Lipinski definition) is 2.